The van der Waals surface area contributed by atoms with E-state index in [9.17, 15) is 4.39 Å². The first-order valence-electron chi connectivity index (χ1n) is 5.70. The van der Waals surface area contributed by atoms with Crippen LogP contribution in [0.25, 0.3) is 0 Å². The van der Waals surface area contributed by atoms with Crippen molar-refractivity contribution in [1.82, 2.24) is 5.32 Å². The Labute approximate surface area is 95.8 Å². The quantitative estimate of drug-likeness (QED) is 0.831. The van der Waals surface area contributed by atoms with Gasteiger partial charge in [-0.2, -0.15) is 0 Å². The molecule has 16 heavy (non-hydrogen) atoms. The van der Waals surface area contributed by atoms with Gasteiger partial charge in [-0.3, -0.25) is 0 Å². The summed E-state index contributed by atoms with van der Waals surface area (Å²) in [6.07, 6.45) is 2.11. The molecule has 1 aliphatic rings. The fraction of sp³-hybridized carbons (Fsp3) is 0.538. The van der Waals surface area contributed by atoms with Crippen LogP contribution in [0, 0.1) is 5.82 Å². The Morgan fingerprint density at radius 3 is 2.56 bits per heavy atom. The van der Waals surface area contributed by atoms with Gasteiger partial charge in [0.25, 0.3) is 0 Å². The third-order valence-electron chi connectivity index (χ3n) is 3.56. The summed E-state index contributed by atoms with van der Waals surface area (Å²) in [5, 5.41) is 3.33. The number of hydrogen-bond donors (Lipinski definition) is 1. The van der Waals surface area contributed by atoms with Gasteiger partial charge in [0, 0.05) is 0 Å². The van der Waals surface area contributed by atoms with Crippen molar-refractivity contribution in [2.24, 2.45) is 0 Å². The molecule has 1 saturated heterocycles. The lowest BCUT2D eigenvalue weighted by Gasteiger charge is -2.34. The Balaban J connectivity index is 2.29. The molecule has 1 aliphatic heterocycles. The molecular weight excluding hydrogens is 205 g/mol. The van der Waals surface area contributed by atoms with Crippen LogP contribution in [-0.4, -0.2) is 20.2 Å². The highest BCUT2D eigenvalue weighted by atomic mass is 19.1. The topological polar surface area (TPSA) is 21.3 Å². The van der Waals surface area contributed by atoms with Gasteiger partial charge in [0.1, 0.15) is 0 Å². The average molecular weight is 223 g/mol. The number of halogens is 1. The maximum absolute atomic E-state index is 13.6. The van der Waals surface area contributed by atoms with Crippen LogP contribution < -0.4 is 10.1 Å². The van der Waals surface area contributed by atoms with Crippen LogP contribution >= 0.6 is 0 Å². The van der Waals surface area contributed by atoms with Crippen LogP contribution in [0.3, 0.4) is 0 Å². The van der Waals surface area contributed by atoms with Crippen LogP contribution in [0.1, 0.15) is 25.3 Å². The first-order chi connectivity index (χ1) is 7.65. The predicted molar refractivity (Wildman–Crippen MR) is 62.4 cm³/mol. The highest BCUT2D eigenvalue weighted by Gasteiger charge is 2.29. The van der Waals surface area contributed by atoms with Gasteiger partial charge in [-0.15, -0.1) is 0 Å². The molecule has 0 saturated carbocycles. The number of methoxy groups -OCH3 is 1. The molecule has 0 atom stereocenters. The number of rotatable bonds is 2. The Kier molecular flexibility index (Phi) is 3.15. The maximum atomic E-state index is 13.6. The van der Waals surface area contributed by atoms with E-state index in [1.54, 1.807) is 12.1 Å². The summed E-state index contributed by atoms with van der Waals surface area (Å²) in [5.74, 6) is 0.0565. The van der Waals surface area contributed by atoms with E-state index in [-0.39, 0.29) is 11.2 Å². The molecule has 1 fully saturated rings. The Bertz CT molecular complexity index is 372. The fourth-order valence-electron chi connectivity index (χ4n) is 2.31. The van der Waals surface area contributed by atoms with E-state index in [1.807, 2.05) is 6.07 Å². The average Bonchev–Trinajstić information content (AvgIpc) is 2.30. The highest BCUT2D eigenvalue weighted by molar-refractivity contribution is 5.34. The third-order valence-corrected chi connectivity index (χ3v) is 3.56. The van der Waals surface area contributed by atoms with E-state index >= 15 is 0 Å². The van der Waals surface area contributed by atoms with Crippen molar-refractivity contribution in [3.8, 4) is 5.75 Å². The molecule has 88 valence electrons. The van der Waals surface area contributed by atoms with E-state index in [1.165, 1.54) is 7.11 Å². The molecule has 0 aliphatic carbocycles. The molecule has 1 N–H and O–H groups in total. The van der Waals surface area contributed by atoms with E-state index in [0.29, 0.717) is 5.75 Å². The minimum absolute atomic E-state index is 0.0956. The summed E-state index contributed by atoms with van der Waals surface area (Å²) < 4.78 is 18.6. The monoisotopic (exact) mass is 223 g/mol. The summed E-state index contributed by atoms with van der Waals surface area (Å²) in [7, 11) is 1.49. The molecule has 0 bridgehead atoms. The molecule has 1 heterocycles. The first-order valence-corrected chi connectivity index (χ1v) is 5.70. The van der Waals surface area contributed by atoms with E-state index < -0.39 is 0 Å². The summed E-state index contributed by atoms with van der Waals surface area (Å²) in [6.45, 7) is 4.21. The van der Waals surface area contributed by atoms with Crippen molar-refractivity contribution in [1.29, 1.82) is 0 Å². The van der Waals surface area contributed by atoms with Gasteiger partial charge >= 0.3 is 0 Å². The molecule has 0 amide bonds. The molecule has 1 aromatic rings. The summed E-state index contributed by atoms with van der Waals surface area (Å²) >= 11 is 0. The summed E-state index contributed by atoms with van der Waals surface area (Å²) in [5.41, 5.74) is 1.17. The number of nitrogens with one attached hydrogen (secondary N) is 1. The number of ether oxygens (including phenoxy) is 1. The number of hydrogen-bond acceptors (Lipinski definition) is 2. The van der Waals surface area contributed by atoms with E-state index in [4.69, 9.17) is 4.74 Å². The molecule has 0 unspecified atom stereocenters. The zero-order chi connectivity index (χ0) is 11.6. The Morgan fingerprint density at radius 2 is 2.00 bits per heavy atom. The second-order valence-corrected chi connectivity index (χ2v) is 4.66. The van der Waals surface area contributed by atoms with Gasteiger partial charge in [-0.05, 0) is 49.0 Å². The molecule has 0 spiro atoms. The molecule has 0 aromatic heterocycles. The zero-order valence-corrected chi connectivity index (χ0v) is 9.85. The van der Waals surface area contributed by atoms with Crippen LogP contribution in [0.2, 0.25) is 0 Å². The van der Waals surface area contributed by atoms with E-state index in [2.05, 4.69) is 12.2 Å². The van der Waals surface area contributed by atoms with Crippen molar-refractivity contribution in [3.05, 3.63) is 29.6 Å². The third kappa shape index (κ3) is 2.05. The van der Waals surface area contributed by atoms with Crippen molar-refractivity contribution < 1.29 is 9.13 Å². The van der Waals surface area contributed by atoms with Gasteiger partial charge in [0.2, 0.25) is 0 Å². The van der Waals surface area contributed by atoms with Crippen LogP contribution in [0.4, 0.5) is 4.39 Å². The van der Waals surface area contributed by atoms with Gasteiger partial charge in [-0.1, -0.05) is 13.0 Å². The molecule has 2 rings (SSSR count). The van der Waals surface area contributed by atoms with Crippen molar-refractivity contribution in [2.45, 2.75) is 25.2 Å². The van der Waals surface area contributed by atoms with Gasteiger partial charge in [0.05, 0.1) is 7.11 Å². The lowest BCUT2D eigenvalue weighted by Crippen LogP contribution is -2.37. The second kappa shape index (κ2) is 4.42. The van der Waals surface area contributed by atoms with Crippen molar-refractivity contribution in [2.75, 3.05) is 20.2 Å². The van der Waals surface area contributed by atoms with Crippen LogP contribution in [0.5, 0.6) is 5.75 Å². The Hall–Kier alpha value is -1.09. The molecule has 3 heteroatoms. The van der Waals surface area contributed by atoms with Crippen molar-refractivity contribution in [3.63, 3.8) is 0 Å². The predicted octanol–water partition coefficient (Wildman–Crippen LogP) is 2.48. The van der Waals surface area contributed by atoms with E-state index in [0.717, 1.165) is 31.5 Å². The number of piperidine rings is 1. The van der Waals surface area contributed by atoms with Gasteiger partial charge in [0.15, 0.2) is 11.6 Å². The smallest absolute Gasteiger partial charge is 0.165 e. The zero-order valence-electron chi connectivity index (χ0n) is 9.85. The lowest BCUT2D eigenvalue weighted by molar-refractivity contribution is 0.332. The molecule has 1 aromatic carbocycles. The molecule has 0 radical (unpaired) electrons. The highest BCUT2D eigenvalue weighted by Crippen LogP contribution is 2.34. The maximum Gasteiger partial charge on any atom is 0.165 e. The minimum atomic E-state index is -0.264. The standard InChI is InChI=1S/C13H18FNO/c1-13(5-7-15-8-6-13)10-3-4-12(16-2)11(14)9-10/h3-4,9,15H,5-8H2,1-2H3. The Morgan fingerprint density at radius 1 is 1.31 bits per heavy atom. The van der Waals surface area contributed by atoms with Crippen LogP contribution in [-0.2, 0) is 5.41 Å². The molecule has 2 nitrogen and oxygen atoms in total. The molecular formula is C13H18FNO. The second-order valence-electron chi connectivity index (χ2n) is 4.66. The first kappa shape index (κ1) is 11.4. The normalized spacial score (nSPS) is 19.4. The summed E-state index contributed by atoms with van der Waals surface area (Å²) in [6, 6.07) is 5.31. The van der Waals surface area contributed by atoms with Crippen LogP contribution in [0.15, 0.2) is 18.2 Å². The van der Waals surface area contributed by atoms with Gasteiger partial charge < -0.3 is 10.1 Å². The largest absolute Gasteiger partial charge is 0.494 e. The minimum Gasteiger partial charge on any atom is -0.494 e. The lowest BCUT2D eigenvalue weighted by atomic mass is 9.75. The van der Waals surface area contributed by atoms with Crippen molar-refractivity contribution >= 4 is 0 Å². The fourth-order valence-corrected chi connectivity index (χ4v) is 2.31. The number of benzene rings is 1. The summed E-state index contributed by atoms with van der Waals surface area (Å²) in [4.78, 5) is 0. The SMILES string of the molecule is COc1ccc(C2(C)CCNCC2)cc1F. The van der Waals surface area contributed by atoms with Gasteiger partial charge in [-0.25, -0.2) is 4.39 Å².